The molecule has 0 aliphatic heterocycles. The predicted molar refractivity (Wildman–Crippen MR) is 75.2 cm³/mol. The van der Waals surface area contributed by atoms with Crippen molar-refractivity contribution in [3.63, 3.8) is 0 Å². The number of pyridine rings is 1. The highest BCUT2D eigenvalue weighted by molar-refractivity contribution is 5.84. The maximum Gasteiger partial charge on any atom is 0.358 e. The number of aromatic carboxylic acids is 1. The molecule has 0 aliphatic carbocycles. The van der Waals surface area contributed by atoms with Gasteiger partial charge in [-0.25, -0.2) is 9.48 Å². The number of aryl methyl sites for hydroxylation is 2. The zero-order valence-corrected chi connectivity index (χ0v) is 11.0. The van der Waals surface area contributed by atoms with Gasteiger partial charge >= 0.3 is 5.97 Å². The molecule has 1 N–H and O–H groups in total. The Morgan fingerprint density at radius 1 is 1.19 bits per heavy atom. The van der Waals surface area contributed by atoms with Gasteiger partial charge in [-0.1, -0.05) is 23.4 Å². The fourth-order valence-electron chi connectivity index (χ4n) is 2.12. The number of carbonyl (C=O) groups is 1. The van der Waals surface area contributed by atoms with Crippen molar-refractivity contribution in [2.75, 3.05) is 0 Å². The molecule has 2 heterocycles. The van der Waals surface area contributed by atoms with Gasteiger partial charge in [0.05, 0.1) is 12.7 Å². The van der Waals surface area contributed by atoms with E-state index in [0.717, 1.165) is 5.39 Å². The van der Waals surface area contributed by atoms with Crippen molar-refractivity contribution in [2.24, 2.45) is 0 Å². The first-order valence-electron chi connectivity index (χ1n) is 6.37. The van der Waals surface area contributed by atoms with Crippen molar-refractivity contribution in [1.82, 2.24) is 19.6 Å². The van der Waals surface area contributed by atoms with Gasteiger partial charge < -0.3 is 9.67 Å². The maximum atomic E-state index is 12.3. The topological polar surface area (TPSA) is 90.0 Å². The summed E-state index contributed by atoms with van der Waals surface area (Å²) in [4.78, 5) is 23.0. The Morgan fingerprint density at radius 3 is 2.76 bits per heavy atom. The fraction of sp³-hybridized carbons (Fsp3) is 0.143. The van der Waals surface area contributed by atoms with Gasteiger partial charge in [-0.15, -0.1) is 5.10 Å². The van der Waals surface area contributed by atoms with Crippen LogP contribution in [0.25, 0.3) is 10.8 Å². The van der Waals surface area contributed by atoms with Gasteiger partial charge in [0.1, 0.15) is 0 Å². The quantitative estimate of drug-likeness (QED) is 0.771. The van der Waals surface area contributed by atoms with Crippen LogP contribution in [0.1, 0.15) is 10.5 Å². The normalized spacial score (nSPS) is 10.9. The van der Waals surface area contributed by atoms with Crippen LogP contribution < -0.4 is 5.56 Å². The van der Waals surface area contributed by atoms with Crippen LogP contribution in [-0.2, 0) is 13.1 Å². The Kier molecular flexibility index (Phi) is 3.23. The Morgan fingerprint density at radius 2 is 2.00 bits per heavy atom. The first-order valence-corrected chi connectivity index (χ1v) is 6.37. The molecule has 0 saturated carbocycles. The Labute approximate surface area is 119 Å². The van der Waals surface area contributed by atoms with Crippen LogP contribution >= 0.6 is 0 Å². The third-order valence-electron chi connectivity index (χ3n) is 3.21. The minimum atomic E-state index is -1.12. The van der Waals surface area contributed by atoms with Gasteiger partial charge in [0.2, 0.25) is 0 Å². The largest absolute Gasteiger partial charge is 0.476 e. The zero-order chi connectivity index (χ0) is 14.8. The summed E-state index contributed by atoms with van der Waals surface area (Å²) in [6.07, 6.45) is 3.06. The Bertz CT molecular complexity index is 866. The number of hydrogen-bond acceptors (Lipinski definition) is 4. The number of carboxylic acids is 1. The number of benzene rings is 1. The van der Waals surface area contributed by atoms with Gasteiger partial charge in [-0.3, -0.25) is 4.79 Å². The fourth-order valence-corrected chi connectivity index (χ4v) is 2.12. The molecule has 0 unspecified atom stereocenters. The van der Waals surface area contributed by atoms with Crippen LogP contribution in [0.5, 0.6) is 0 Å². The Balaban J connectivity index is 1.83. The lowest BCUT2D eigenvalue weighted by molar-refractivity contribution is 0.0690. The molecule has 7 heteroatoms. The number of carboxylic acid groups (broad SMARTS) is 1. The minimum absolute atomic E-state index is 0.0772. The molecule has 0 atom stereocenters. The van der Waals surface area contributed by atoms with Gasteiger partial charge in [0.15, 0.2) is 5.69 Å². The minimum Gasteiger partial charge on any atom is -0.476 e. The van der Waals surface area contributed by atoms with E-state index in [9.17, 15) is 9.59 Å². The molecule has 1 aromatic carbocycles. The van der Waals surface area contributed by atoms with E-state index in [1.54, 1.807) is 16.8 Å². The van der Waals surface area contributed by atoms with Crippen molar-refractivity contribution in [3.05, 3.63) is 58.8 Å². The molecule has 7 nitrogen and oxygen atoms in total. The first kappa shape index (κ1) is 13.0. The van der Waals surface area contributed by atoms with Crippen LogP contribution in [0.3, 0.4) is 0 Å². The van der Waals surface area contributed by atoms with Crippen molar-refractivity contribution < 1.29 is 9.90 Å². The van der Waals surface area contributed by atoms with E-state index < -0.39 is 5.97 Å². The highest BCUT2D eigenvalue weighted by Crippen LogP contribution is 2.08. The van der Waals surface area contributed by atoms with Gasteiger partial charge in [0.25, 0.3) is 5.56 Å². The lowest BCUT2D eigenvalue weighted by atomic mass is 10.2. The molecule has 3 rings (SSSR count). The summed E-state index contributed by atoms with van der Waals surface area (Å²) in [6, 6.07) is 9.25. The van der Waals surface area contributed by atoms with E-state index >= 15 is 0 Å². The van der Waals surface area contributed by atoms with Gasteiger partial charge in [-0.2, -0.15) is 0 Å². The molecule has 21 heavy (non-hydrogen) atoms. The Hall–Kier alpha value is -2.96. The average Bonchev–Trinajstić information content (AvgIpc) is 2.96. The standard InChI is InChI=1S/C14H12N4O3/c19-13-11-4-2-1-3-10(11)5-6-17(13)7-8-18-9-12(14(20)21)15-16-18/h1-6,9H,7-8H2,(H,20,21). The summed E-state index contributed by atoms with van der Waals surface area (Å²) in [7, 11) is 0. The van der Waals surface area contributed by atoms with Crippen LogP contribution in [0.15, 0.2) is 47.5 Å². The summed E-state index contributed by atoms with van der Waals surface area (Å²) < 4.78 is 2.98. The van der Waals surface area contributed by atoms with Crippen molar-refractivity contribution in [2.45, 2.75) is 13.1 Å². The van der Waals surface area contributed by atoms with Crippen molar-refractivity contribution in [1.29, 1.82) is 0 Å². The van der Waals surface area contributed by atoms with E-state index in [1.165, 1.54) is 10.9 Å². The summed E-state index contributed by atoms with van der Waals surface area (Å²) >= 11 is 0. The smallest absolute Gasteiger partial charge is 0.358 e. The van der Waals surface area contributed by atoms with E-state index in [0.29, 0.717) is 18.5 Å². The summed E-state index contributed by atoms with van der Waals surface area (Å²) in [5.74, 6) is -1.12. The van der Waals surface area contributed by atoms with Crippen LogP contribution in [-0.4, -0.2) is 30.6 Å². The summed E-state index contributed by atoms with van der Waals surface area (Å²) in [6.45, 7) is 0.768. The summed E-state index contributed by atoms with van der Waals surface area (Å²) in [5.41, 5.74) is -0.187. The number of fused-ring (bicyclic) bond motifs is 1. The van der Waals surface area contributed by atoms with Crippen molar-refractivity contribution in [3.8, 4) is 0 Å². The average molecular weight is 284 g/mol. The number of aromatic nitrogens is 4. The third kappa shape index (κ3) is 2.53. The van der Waals surface area contributed by atoms with E-state index in [1.807, 2.05) is 24.3 Å². The molecule has 106 valence electrons. The lowest BCUT2D eigenvalue weighted by Gasteiger charge is -2.06. The van der Waals surface area contributed by atoms with E-state index in [4.69, 9.17) is 5.11 Å². The molecule has 0 fully saturated rings. The lowest BCUT2D eigenvalue weighted by Crippen LogP contribution is -2.22. The molecule has 0 radical (unpaired) electrons. The molecule has 0 saturated heterocycles. The molecule has 0 spiro atoms. The second kappa shape index (κ2) is 5.20. The molecule has 2 aromatic heterocycles. The van der Waals surface area contributed by atoms with E-state index in [2.05, 4.69) is 10.3 Å². The van der Waals surface area contributed by atoms with Gasteiger partial charge in [0, 0.05) is 18.1 Å². The highest BCUT2D eigenvalue weighted by Gasteiger charge is 2.08. The molecule has 0 aliphatic rings. The van der Waals surface area contributed by atoms with Gasteiger partial charge in [-0.05, 0) is 17.5 Å². The number of rotatable bonds is 4. The SMILES string of the molecule is O=C(O)c1cn(CCn2ccc3ccccc3c2=O)nn1. The maximum absolute atomic E-state index is 12.3. The molecular formula is C14H12N4O3. The second-order valence-corrected chi connectivity index (χ2v) is 4.57. The van der Waals surface area contributed by atoms with Crippen molar-refractivity contribution >= 4 is 16.7 Å². The third-order valence-corrected chi connectivity index (χ3v) is 3.21. The first-order chi connectivity index (χ1) is 10.1. The number of nitrogens with zero attached hydrogens (tertiary/aromatic N) is 4. The van der Waals surface area contributed by atoms with Crippen LogP contribution in [0, 0.1) is 0 Å². The molecule has 3 aromatic rings. The number of hydrogen-bond donors (Lipinski definition) is 1. The summed E-state index contributed by atoms with van der Waals surface area (Å²) in [5, 5.41) is 17.6. The monoisotopic (exact) mass is 284 g/mol. The van der Waals surface area contributed by atoms with E-state index in [-0.39, 0.29) is 11.3 Å². The van der Waals surface area contributed by atoms with Crippen LogP contribution in [0.4, 0.5) is 0 Å². The molecule has 0 amide bonds. The molecule has 0 bridgehead atoms. The highest BCUT2D eigenvalue weighted by atomic mass is 16.4. The zero-order valence-electron chi connectivity index (χ0n) is 11.0. The van der Waals surface area contributed by atoms with Crippen LogP contribution in [0.2, 0.25) is 0 Å². The second-order valence-electron chi connectivity index (χ2n) is 4.57. The molecular weight excluding hydrogens is 272 g/mol. The predicted octanol–water partition coefficient (Wildman–Crippen LogP) is 0.991.